The average molecular weight is 473 g/mol. The second kappa shape index (κ2) is 9.06. The highest BCUT2D eigenvalue weighted by Gasteiger charge is 2.47. The van der Waals surface area contributed by atoms with Crippen molar-refractivity contribution < 1.29 is 33.6 Å². The third kappa shape index (κ3) is 3.82. The van der Waals surface area contributed by atoms with Crippen molar-refractivity contribution in [3.8, 4) is 23.0 Å². The number of aliphatic hydroxyl groups excluding tert-OH is 1. The number of hydrogen-bond donors (Lipinski definition) is 1. The number of rotatable bonds is 5. The summed E-state index contributed by atoms with van der Waals surface area (Å²) in [4.78, 5) is 28.1. The zero-order chi connectivity index (χ0) is 24.5. The van der Waals surface area contributed by atoms with Crippen molar-refractivity contribution in [1.29, 1.82) is 0 Å². The van der Waals surface area contributed by atoms with Crippen molar-refractivity contribution in [2.45, 2.75) is 6.04 Å². The number of fused-ring (bicyclic) bond motifs is 1. The van der Waals surface area contributed by atoms with Crippen LogP contribution in [0.25, 0.3) is 5.76 Å². The summed E-state index contributed by atoms with van der Waals surface area (Å²) in [6.45, 7) is 0.812. The topological polar surface area (TPSA) is 94.5 Å². The molecule has 0 aromatic heterocycles. The summed E-state index contributed by atoms with van der Waals surface area (Å²) < 4.78 is 21.9. The SMILES string of the molecule is COc1ccc(C2/C(=C(\O)c3ccccc3OC)C(=O)C(=O)N2c2ccc3c(c2)OCCO3)cc1. The smallest absolute Gasteiger partial charge is 0.300 e. The Balaban J connectivity index is 1.71. The van der Waals surface area contributed by atoms with Gasteiger partial charge in [-0.25, -0.2) is 0 Å². The van der Waals surface area contributed by atoms with Crippen LogP contribution in [0.1, 0.15) is 17.2 Å². The molecule has 1 N–H and O–H groups in total. The second-order valence-electron chi connectivity index (χ2n) is 7.97. The molecule has 0 spiro atoms. The minimum Gasteiger partial charge on any atom is -0.507 e. The number of amides is 1. The maximum absolute atomic E-state index is 13.4. The van der Waals surface area contributed by atoms with Gasteiger partial charge in [0.05, 0.1) is 31.4 Å². The molecule has 178 valence electrons. The van der Waals surface area contributed by atoms with E-state index < -0.39 is 17.7 Å². The number of anilines is 1. The van der Waals surface area contributed by atoms with Crippen molar-refractivity contribution in [3.05, 3.63) is 83.4 Å². The molecule has 3 aromatic carbocycles. The summed E-state index contributed by atoms with van der Waals surface area (Å²) in [5.41, 5.74) is 1.33. The van der Waals surface area contributed by atoms with E-state index in [1.165, 1.54) is 12.0 Å². The molecule has 1 fully saturated rings. The Labute approximate surface area is 201 Å². The van der Waals surface area contributed by atoms with Gasteiger partial charge in [-0.05, 0) is 42.0 Å². The highest BCUT2D eigenvalue weighted by molar-refractivity contribution is 6.51. The molecule has 2 heterocycles. The van der Waals surface area contributed by atoms with Crippen molar-refractivity contribution in [2.75, 3.05) is 32.3 Å². The number of hydrogen-bond acceptors (Lipinski definition) is 7. The van der Waals surface area contributed by atoms with Crippen LogP contribution in [0, 0.1) is 0 Å². The molecule has 0 saturated carbocycles. The number of para-hydroxylation sites is 1. The van der Waals surface area contributed by atoms with Gasteiger partial charge < -0.3 is 24.1 Å². The van der Waals surface area contributed by atoms with Crippen LogP contribution in [0.4, 0.5) is 5.69 Å². The lowest BCUT2D eigenvalue weighted by Gasteiger charge is -2.27. The first kappa shape index (κ1) is 22.3. The zero-order valence-electron chi connectivity index (χ0n) is 19.2. The quantitative estimate of drug-likeness (QED) is 0.339. The van der Waals surface area contributed by atoms with Crippen LogP contribution in [-0.4, -0.2) is 44.2 Å². The summed E-state index contributed by atoms with van der Waals surface area (Å²) in [5.74, 6) is 0.156. The van der Waals surface area contributed by atoms with E-state index in [9.17, 15) is 14.7 Å². The lowest BCUT2D eigenvalue weighted by molar-refractivity contribution is -0.132. The van der Waals surface area contributed by atoms with Crippen molar-refractivity contribution in [1.82, 2.24) is 0 Å². The second-order valence-corrected chi connectivity index (χ2v) is 7.97. The molecule has 5 rings (SSSR count). The molecule has 0 radical (unpaired) electrons. The summed E-state index contributed by atoms with van der Waals surface area (Å²) in [5, 5.41) is 11.3. The van der Waals surface area contributed by atoms with Crippen LogP contribution in [0.2, 0.25) is 0 Å². The predicted molar refractivity (Wildman–Crippen MR) is 128 cm³/mol. The molecule has 3 aromatic rings. The lowest BCUT2D eigenvalue weighted by Crippen LogP contribution is -2.29. The number of carbonyl (C=O) groups is 2. The molecule has 8 heteroatoms. The van der Waals surface area contributed by atoms with Gasteiger partial charge in [0.25, 0.3) is 11.7 Å². The number of aliphatic hydroxyl groups is 1. The van der Waals surface area contributed by atoms with Gasteiger partial charge in [-0.3, -0.25) is 14.5 Å². The van der Waals surface area contributed by atoms with E-state index in [-0.39, 0.29) is 11.3 Å². The highest BCUT2D eigenvalue weighted by atomic mass is 16.6. The third-order valence-corrected chi connectivity index (χ3v) is 6.04. The molecule has 1 amide bonds. The Morgan fingerprint density at radius 1 is 0.914 bits per heavy atom. The number of ether oxygens (including phenoxy) is 4. The Hall–Kier alpha value is -4.46. The summed E-state index contributed by atoms with van der Waals surface area (Å²) in [6.07, 6.45) is 0. The fourth-order valence-corrected chi connectivity index (χ4v) is 4.37. The van der Waals surface area contributed by atoms with Gasteiger partial charge in [-0.1, -0.05) is 24.3 Å². The molecule has 2 aliphatic rings. The van der Waals surface area contributed by atoms with Crippen molar-refractivity contribution in [3.63, 3.8) is 0 Å². The molecule has 2 aliphatic heterocycles. The van der Waals surface area contributed by atoms with E-state index in [1.807, 2.05) is 0 Å². The van der Waals surface area contributed by atoms with Crippen LogP contribution in [0.15, 0.2) is 72.3 Å². The van der Waals surface area contributed by atoms with Gasteiger partial charge in [0.15, 0.2) is 11.5 Å². The highest BCUT2D eigenvalue weighted by Crippen LogP contribution is 2.45. The largest absolute Gasteiger partial charge is 0.507 e. The number of carbonyl (C=O) groups excluding carboxylic acids is 2. The van der Waals surface area contributed by atoms with Gasteiger partial charge in [0, 0.05) is 11.8 Å². The number of methoxy groups -OCH3 is 2. The first-order chi connectivity index (χ1) is 17.0. The number of Topliss-reactive ketones (excluding diaryl/α,β-unsaturated/α-hetero) is 1. The monoisotopic (exact) mass is 473 g/mol. The fourth-order valence-electron chi connectivity index (χ4n) is 4.37. The summed E-state index contributed by atoms with van der Waals surface area (Å²) in [7, 11) is 3.03. The normalized spacial score (nSPS) is 18.5. The number of nitrogens with zero attached hydrogens (tertiary/aromatic N) is 1. The third-order valence-electron chi connectivity index (χ3n) is 6.04. The predicted octanol–water partition coefficient (Wildman–Crippen LogP) is 4.10. The molecule has 35 heavy (non-hydrogen) atoms. The van der Waals surface area contributed by atoms with Gasteiger partial charge in [-0.15, -0.1) is 0 Å². The van der Waals surface area contributed by atoms with Crippen molar-refractivity contribution >= 4 is 23.1 Å². The van der Waals surface area contributed by atoms with E-state index >= 15 is 0 Å². The zero-order valence-corrected chi connectivity index (χ0v) is 19.2. The first-order valence-corrected chi connectivity index (χ1v) is 11.0. The Kier molecular flexibility index (Phi) is 5.78. The van der Waals surface area contributed by atoms with E-state index in [4.69, 9.17) is 18.9 Å². The van der Waals surface area contributed by atoms with Gasteiger partial charge in [-0.2, -0.15) is 0 Å². The van der Waals surface area contributed by atoms with Gasteiger partial charge in [0.1, 0.15) is 30.5 Å². The maximum atomic E-state index is 13.4. The molecular formula is C27H23NO7. The van der Waals surface area contributed by atoms with E-state index in [2.05, 4.69) is 0 Å². The molecule has 1 atom stereocenters. The molecule has 1 saturated heterocycles. The Morgan fingerprint density at radius 3 is 2.34 bits per heavy atom. The molecule has 8 nitrogen and oxygen atoms in total. The fraction of sp³-hybridized carbons (Fsp3) is 0.185. The van der Waals surface area contributed by atoms with Gasteiger partial charge >= 0.3 is 0 Å². The molecule has 0 bridgehead atoms. The molecule has 1 unspecified atom stereocenters. The lowest BCUT2D eigenvalue weighted by atomic mass is 9.94. The molecular weight excluding hydrogens is 450 g/mol. The van der Waals surface area contributed by atoms with Crippen LogP contribution in [0.5, 0.6) is 23.0 Å². The van der Waals surface area contributed by atoms with Crippen LogP contribution >= 0.6 is 0 Å². The van der Waals surface area contributed by atoms with Crippen LogP contribution < -0.4 is 23.8 Å². The maximum Gasteiger partial charge on any atom is 0.300 e. The summed E-state index contributed by atoms with van der Waals surface area (Å²) in [6, 6.07) is 17.9. The molecule has 0 aliphatic carbocycles. The average Bonchev–Trinajstić information content (AvgIpc) is 3.18. The minimum atomic E-state index is -0.895. The van der Waals surface area contributed by atoms with Gasteiger partial charge in [0.2, 0.25) is 0 Å². The standard InChI is InChI=1S/C27H23NO7/c1-32-18-10-7-16(8-11-18)24-23(25(29)19-5-3-4-6-20(19)33-2)26(30)27(31)28(24)17-9-12-21-22(15-17)35-14-13-34-21/h3-12,15,24,29H,13-14H2,1-2H3/b25-23+. The minimum absolute atomic E-state index is 0.0421. The van der Waals surface area contributed by atoms with Crippen LogP contribution in [0.3, 0.4) is 0 Å². The summed E-state index contributed by atoms with van der Waals surface area (Å²) >= 11 is 0. The van der Waals surface area contributed by atoms with Crippen LogP contribution in [-0.2, 0) is 9.59 Å². The van der Waals surface area contributed by atoms with Crippen molar-refractivity contribution in [2.24, 2.45) is 0 Å². The number of benzene rings is 3. The number of ketones is 1. The van der Waals surface area contributed by atoms with E-state index in [0.29, 0.717) is 53.0 Å². The Morgan fingerprint density at radius 2 is 1.63 bits per heavy atom. The Bertz CT molecular complexity index is 1330. The first-order valence-electron chi connectivity index (χ1n) is 11.0. The van der Waals surface area contributed by atoms with E-state index in [1.54, 1.807) is 73.8 Å². The van der Waals surface area contributed by atoms with E-state index in [0.717, 1.165) is 0 Å².